The Morgan fingerprint density at radius 3 is 2.34 bits per heavy atom. The molecule has 10 nitrogen and oxygen atoms in total. The Morgan fingerprint density at radius 1 is 0.977 bits per heavy atom. The highest BCUT2D eigenvalue weighted by Crippen LogP contribution is 2.27. The summed E-state index contributed by atoms with van der Waals surface area (Å²) in [5, 5.41) is 6.08. The van der Waals surface area contributed by atoms with Gasteiger partial charge in [0.15, 0.2) is 5.82 Å². The predicted octanol–water partition coefficient (Wildman–Crippen LogP) is 5.10. The topological polar surface area (TPSA) is 132 Å². The van der Waals surface area contributed by atoms with Gasteiger partial charge in [-0.05, 0) is 59.9 Å². The molecule has 0 bridgehead atoms. The van der Waals surface area contributed by atoms with Crippen LogP contribution >= 0.6 is 0 Å². The van der Waals surface area contributed by atoms with Crippen molar-refractivity contribution in [2.75, 3.05) is 42.7 Å². The van der Waals surface area contributed by atoms with Gasteiger partial charge in [-0.15, -0.1) is 0 Å². The summed E-state index contributed by atoms with van der Waals surface area (Å²) < 4.78 is 6.78. The number of hydrogen-bond donors (Lipinski definition) is 3. The Labute approximate surface area is 256 Å². The number of rotatable bonds is 6. The Kier molecular flexibility index (Phi) is 8.55. The SMILES string of the molecule is Cc1ccc(-c2cn(C)c(=O)c(Nc3ccc(C(=O)N4CCOCC4)c(N)c3)n2)cc1NC(=O)c1ccc(C(C)(C)C)cc1. The van der Waals surface area contributed by atoms with Crippen molar-refractivity contribution in [3.8, 4) is 11.3 Å². The fraction of sp³-hybridized carbons (Fsp3) is 0.294. The van der Waals surface area contributed by atoms with Crippen molar-refractivity contribution >= 4 is 34.7 Å². The standard InChI is InChI=1S/C34H38N6O4/c1-21-6-7-23(18-28(21)38-31(41)22-8-10-24(11-9-22)34(2,3)4)29-20-39(5)33(43)30(37-29)36-25-12-13-26(27(35)19-25)32(42)40-14-16-44-17-15-40/h6-13,18-20H,14-17,35H2,1-5H3,(H,36,37)(H,38,41). The Morgan fingerprint density at radius 2 is 1.68 bits per heavy atom. The van der Waals surface area contributed by atoms with E-state index in [9.17, 15) is 14.4 Å². The van der Waals surface area contributed by atoms with E-state index in [1.165, 1.54) is 4.57 Å². The van der Waals surface area contributed by atoms with Crippen molar-refractivity contribution in [3.63, 3.8) is 0 Å². The minimum atomic E-state index is -0.333. The average Bonchev–Trinajstić information content (AvgIpc) is 3.00. The lowest BCUT2D eigenvalue weighted by Gasteiger charge is -2.27. The van der Waals surface area contributed by atoms with Gasteiger partial charge in [-0.25, -0.2) is 4.98 Å². The molecule has 1 aliphatic rings. The summed E-state index contributed by atoms with van der Waals surface area (Å²) in [6, 6.07) is 18.2. The first kappa shape index (κ1) is 30.5. The maximum atomic E-state index is 13.1. The number of anilines is 4. The van der Waals surface area contributed by atoms with Gasteiger partial charge in [0.05, 0.1) is 24.5 Å². The number of nitrogen functional groups attached to an aromatic ring is 1. The van der Waals surface area contributed by atoms with Crippen molar-refractivity contribution in [3.05, 3.63) is 99.5 Å². The summed E-state index contributed by atoms with van der Waals surface area (Å²) in [7, 11) is 1.65. The van der Waals surface area contributed by atoms with Crippen LogP contribution in [0.2, 0.25) is 0 Å². The smallest absolute Gasteiger partial charge is 0.293 e. The molecule has 4 aromatic rings. The summed E-state index contributed by atoms with van der Waals surface area (Å²) in [6.07, 6.45) is 1.65. The second-order valence-electron chi connectivity index (χ2n) is 12.0. The molecule has 1 aliphatic heterocycles. The number of nitrogens with zero attached hydrogens (tertiary/aromatic N) is 3. The molecule has 2 heterocycles. The maximum Gasteiger partial charge on any atom is 0.293 e. The van der Waals surface area contributed by atoms with Crippen LogP contribution < -0.4 is 21.9 Å². The number of ether oxygens (including phenoxy) is 1. The molecule has 10 heteroatoms. The fourth-order valence-corrected chi connectivity index (χ4v) is 4.97. The van der Waals surface area contributed by atoms with Gasteiger partial charge in [-0.2, -0.15) is 0 Å². The van der Waals surface area contributed by atoms with Crippen LogP contribution in [0.3, 0.4) is 0 Å². The van der Waals surface area contributed by atoms with Gasteiger partial charge in [0.25, 0.3) is 17.4 Å². The summed E-state index contributed by atoms with van der Waals surface area (Å²) in [4.78, 5) is 45.3. The van der Waals surface area contributed by atoms with E-state index in [4.69, 9.17) is 10.5 Å². The second kappa shape index (κ2) is 12.3. The van der Waals surface area contributed by atoms with E-state index in [0.29, 0.717) is 60.2 Å². The largest absolute Gasteiger partial charge is 0.398 e. The van der Waals surface area contributed by atoms with Crippen molar-refractivity contribution in [1.82, 2.24) is 14.5 Å². The van der Waals surface area contributed by atoms with Crippen LogP contribution in [0.1, 0.15) is 52.6 Å². The average molecular weight is 595 g/mol. The molecule has 4 N–H and O–H groups in total. The number of aryl methyl sites for hydroxylation is 2. The third-order valence-corrected chi connectivity index (χ3v) is 7.71. The van der Waals surface area contributed by atoms with Crippen LogP contribution in [0.25, 0.3) is 11.3 Å². The molecule has 1 aromatic heterocycles. The lowest BCUT2D eigenvalue weighted by atomic mass is 9.86. The third kappa shape index (κ3) is 6.65. The molecular weight excluding hydrogens is 556 g/mol. The van der Waals surface area contributed by atoms with Crippen molar-refractivity contribution in [2.24, 2.45) is 7.05 Å². The van der Waals surface area contributed by atoms with Gasteiger partial charge in [0.2, 0.25) is 0 Å². The van der Waals surface area contributed by atoms with Crippen molar-refractivity contribution in [2.45, 2.75) is 33.1 Å². The molecule has 228 valence electrons. The lowest BCUT2D eigenvalue weighted by Crippen LogP contribution is -2.40. The van der Waals surface area contributed by atoms with Crippen LogP contribution in [-0.2, 0) is 17.2 Å². The zero-order chi connectivity index (χ0) is 31.6. The van der Waals surface area contributed by atoms with E-state index in [0.717, 1.165) is 16.7 Å². The molecule has 5 rings (SSSR count). The number of benzene rings is 3. The molecule has 0 spiro atoms. The van der Waals surface area contributed by atoms with Crippen LogP contribution in [0.4, 0.5) is 22.9 Å². The second-order valence-corrected chi connectivity index (χ2v) is 12.0. The highest BCUT2D eigenvalue weighted by atomic mass is 16.5. The first-order valence-electron chi connectivity index (χ1n) is 14.5. The molecule has 0 radical (unpaired) electrons. The van der Waals surface area contributed by atoms with Crippen LogP contribution in [0.5, 0.6) is 0 Å². The summed E-state index contributed by atoms with van der Waals surface area (Å²) >= 11 is 0. The van der Waals surface area contributed by atoms with E-state index in [1.54, 1.807) is 36.3 Å². The Balaban J connectivity index is 1.37. The van der Waals surface area contributed by atoms with E-state index in [-0.39, 0.29) is 28.6 Å². The van der Waals surface area contributed by atoms with Gasteiger partial charge < -0.3 is 30.6 Å². The highest BCUT2D eigenvalue weighted by Gasteiger charge is 2.21. The summed E-state index contributed by atoms with van der Waals surface area (Å²) in [5.74, 6) is -0.269. The van der Waals surface area contributed by atoms with Crippen LogP contribution in [0.15, 0.2) is 71.7 Å². The molecule has 0 atom stereocenters. The van der Waals surface area contributed by atoms with E-state index < -0.39 is 0 Å². The lowest BCUT2D eigenvalue weighted by molar-refractivity contribution is 0.0303. The van der Waals surface area contributed by atoms with Crippen LogP contribution in [-0.4, -0.2) is 52.6 Å². The molecule has 0 unspecified atom stereocenters. The highest BCUT2D eigenvalue weighted by molar-refractivity contribution is 6.05. The minimum absolute atomic E-state index is 0.00540. The monoisotopic (exact) mass is 594 g/mol. The number of carbonyl (C=O) groups excluding carboxylic acids is 2. The molecule has 44 heavy (non-hydrogen) atoms. The molecule has 0 aliphatic carbocycles. The number of morpholine rings is 1. The first-order valence-corrected chi connectivity index (χ1v) is 14.5. The number of nitrogens with two attached hydrogens (primary N) is 1. The number of hydrogen-bond acceptors (Lipinski definition) is 7. The van der Waals surface area contributed by atoms with Gasteiger partial charge in [-0.3, -0.25) is 14.4 Å². The summed E-state index contributed by atoms with van der Waals surface area (Å²) in [5.41, 5.74) is 11.6. The molecule has 2 amide bonds. The van der Waals surface area contributed by atoms with Crippen molar-refractivity contribution in [1.29, 1.82) is 0 Å². The molecule has 0 saturated carbocycles. The molecule has 3 aromatic carbocycles. The molecule has 1 fully saturated rings. The zero-order valence-electron chi connectivity index (χ0n) is 25.7. The predicted molar refractivity (Wildman–Crippen MR) is 174 cm³/mol. The van der Waals surface area contributed by atoms with Gasteiger partial charge in [0, 0.05) is 54.5 Å². The van der Waals surface area contributed by atoms with Crippen molar-refractivity contribution < 1.29 is 14.3 Å². The normalized spacial score (nSPS) is 13.4. The number of nitrogens with one attached hydrogen (secondary N) is 2. The molecular formula is C34H38N6O4. The number of amides is 2. The Bertz CT molecular complexity index is 1770. The van der Waals surface area contributed by atoms with Crippen LogP contribution in [0, 0.1) is 6.92 Å². The van der Waals surface area contributed by atoms with Gasteiger partial charge >= 0.3 is 0 Å². The fourth-order valence-electron chi connectivity index (χ4n) is 4.97. The number of carbonyl (C=O) groups is 2. The van der Waals surface area contributed by atoms with Gasteiger partial charge in [0.1, 0.15) is 0 Å². The van der Waals surface area contributed by atoms with E-state index in [1.807, 2.05) is 49.4 Å². The Hall–Kier alpha value is -4.96. The summed E-state index contributed by atoms with van der Waals surface area (Å²) in [6.45, 7) is 10.3. The minimum Gasteiger partial charge on any atom is -0.398 e. The maximum absolute atomic E-state index is 13.1. The molecule has 1 saturated heterocycles. The van der Waals surface area contributed by atoms with E-state index in [2.05, 4.69) is 36.4 Å². The van der Waals surface area contributed by atoms with E-state index >= 15 is 0 Å². The number of aromatic nitrogens is 2. The first-order chi connectivity index (χ1) is 20.9. The van der Waals surface area contributed by atoms with Gasteiger partial charge in [-0.1, -0.05) is 45.0 Å². The quantitative estimate of drug-likeness (QED) is 0.265. The third-order valence-electron chi connectivity index (χ3n) is 7.71. The zero-order valence-corrected chi connectivity index (χ0v) is 25.7.